The van der Waals surface area contributed by atoms with Gasteiger partial charge in [0.15, 0.2) is 11.5 Å². The number of methoxy groups -OCH3 is 2. The predicted octanol–water partition coefficient (Wildman–Crippen LogP) is 2.72. The van der Waals surface area contributed by atoms with E-state index in [0.717, 1.165) is 16.6 Å². The average molecular weight is 435 g/mol. The van der Waals surface area contributed by atoms with Crippen molar-refractivity contribution < 1.29 is 14.3 Å². The Kier molecular flexibility index (Phi) is 5.98. The molecule has 0 aliphatic carbocycles. The molecule has 0 atom stereocenters. The third-order valence-corrected chi connectivity index (χ3v) is 5.33. The molecule has 0 unspecified atom stereocenters. The second kappa shape index (κ2) is 9.01. The minimum absolute atomic E-state index is 0.0972. The number of rotatable bonds is 8. The highest BCUT2D eigenvalue weighted by atomic mass is 16.5. The molecule has 2 aromatic heterocycles. The molecule has 0 bridgehead atoms. The van der Waals surface area contributed by atoms with Crippen molar-refractivity contribution in [2.75, 3.05) is 19.5 Å². The molecule has 2 aromatic carbocycles. The first-order chi connectivity index (χ1) is 15.6. The van der Waals surface area contributed by atoms with Crippen LogP contribution in [0.25, 0.3) is 11.0 Å². The summed E-state index contributed by atoms with van der Waals surface area (Å²) >= 11 is 0. The van der Waals surface area contributed by atoms with Gasteiger partial charge in [-0.1, -0.05) is 24.3 Å². The lowest BCUT2D eigenvalue weighted by Gasteiger charge is -2.14. The number of nitrogens with one attached hydrogen (secondary N) is 1. The van der Waals surface area contributed by atoms with E-state index >= 15 is 0 Å². The molecule has 4 aromatic rings. The molecule has 166 valence electrons. The zero-order valence-corrected chi connectivity index (χ0v) is 18.2. The topological polar surface area (TPSA) is 92.3 Å². The molecule has 0 fully saturated rings. The molecule has 1 N–H and O–H groups in total. The predicted molar refractivity (Wildman–Crippen MR) is 121 cm³/mol. The van der Waals surface area contributed by atoms with Crippen LogP contribution in [-0.2, 0) is 24.4 Å². The molecule has 4 rings (SSSR count). The minimum atomic E-state index is -0.314. The van der Waals surface area contributed by atoms with Crippen LogP contribution < -0.4 is 20.5 Å². The summed E-state index contributed by atoms with van der Waals surface area (Å²) in [4.78, 5) is 25.6. The Bertz CT molecular complexity index is 1320. The van der Waals surface area contributed by atoms with Gasteiger partial charge >= 0.3 is 5.69 Å². The van der Waals surface area contributed by atoms with E-state index in [2.05, 4.69) is 10.4 Å². The number of ether oxygens (including phenoxy) is 2. The third kappa shape index (κ3) is 3.84. The van der Waals surface area contributed by atoms with Crippen molar-refractivity contribution in [2.24, 2.45) is 0 Å². The second-order valence-corrected chi connectivity index (χ2v) is 7.18. The van der Waals surface area contributed by atoms with Crippen molar-refractivity contribution in [1.82, 2.24) is 18.9 Å². The molecule has 0 aliphatic heterocycles. The van der Waals surface area contributed by atoms with Gasteiger partial charge in [-0.05, 0) is 25.1 Å². The highest BCUT2D eigenvalue weighted by Gasteiger charge is 2.17. The standard InChI is InChI=1S/C23H25N5O4/c1-4-26-17-9-5-6-10-18(17)27(23(26)30)15-21(29)25-20-12-13-24-28(20)14-16-8-7-11-19(31-2)22(16)32-3/h5-13H,4,14-15H2,1-3H3,(H,25,29). The Labute approximate surface area is 184 Å². The van der Waals surface area contributed by atoms with Crippen LogP contribution in [0.3, 0.4) is 0 Å². The Morgan fingerprint density at radius 2 is 1.75 bits per heavy atom. The summed E-state index contributed by atoms with van der Waals surface area (Å²) in [5.74, 6) is 1.44. The highest BCUT2D eigenvalue weighted by molar-refractivity contribution is 5.90. The van der Waals surface area contributed by atoms with Gasteiger partial charge in [0.05, 0.1) is 38.0 Å². The van der Waals surface area contributed by atoms with E-state index in [1.54, 1.807) is 35.7 Å². The number of aromatic nitrogens is 4. The fraction of sp³-hybridized carbons (Fsp3) is 0.261. The molecule has 1 amide bonds. The van der Waals surface area contributed by atoms with Gasteiger partial charge in [0, 0.05) is 18.2 Å². The molecular weight excluding hydrogens is 410 g/mol. The lowest BCUT2D eigenvalue weighted by molar-refractivity contribution is -0.116. The summed E-state index contributed by atoms with van der Waals surface area (Å²) in [5.41, 5.74) is 2.18. The monoisotopic (exact) mass is 435 g/mol. The molecule has 0 aliphatic rings. The number of anilines is 1. The summed E-state index contributed by atoms with van der Waals surface area (Å²) in [5, 5.41) is 7.19. The van der Waals surface area contributed by atoms with E-state index in [1.807, 2.05) is 49.4 Å². The lowest BCUT2D eigenvalue weighted by atomic mass is 10.2. The molecule has 9 nitrogen and oxygen atoms in total. The van der Waals surface area contributed by atoms with Gasteiger partial charge in [0.2, 0.25) is 5.91 Å². The van der Waals surface area contributed by atoms with Crippen molar-refractivity contribution in [3.05, 3.63) is 70.8 Å². The number of fused-ring (bicyclic) bond motifs is 1. The van der Waals surface area contributed by atoms with Crippen LogP contribution in [0.1, 0.15) is 12.5 Å². The van der Waals surface area contributed by atoms with Crippen molar-refractivity contribution >= 4 is 22.8 Å². The number of imidazole rings is 1. The van der Waals surface area contributed by atoms with Crippen LogP contribution in [0.5, 0.6) is 11.5 Å². The maximum atomic E-state index is 12.8. The number of para-hydroxylation sites is 3. The van der Waals surface area contributed by atoms with E-state index in [9.17, 15) is 9.59 Å². The van der Waals surface area contributed by atoms with Crippen LogP contribution in [0.4, 0.5) is 5.82 Å². The van der Waals surface area contributed by atoms with E-state index in [0.29, 0.717) is 30.4 Å². The molecule has 32 heavy (non-hydrogen) atoms. The Morgan fingerprint density at radius 1 is 1.00 bits per heavy atom. The van der Waals surface area contributed by atoms with E-state index < -0.39 is 0 Å². The van der Waals surface area contributed by atoms with Gasteiger partial charge in [-0.15, -0.1) is 0 Å². The highest BCUT2D eigenvalue weighted by Crippen LogP contribution is 2.31. The average Bonchev–Trinajstić information content (AvgIpc) is 3.35. The van der Waals surface area contributed by atoms with Gasteiger partial charge in [0.1, 0.15) is 12.4 Å². The number of carbonyl (C=O) groups is 1. The smallest absolute Gasteiger partial charge is 0.329 e. The first-order valence-electron chi connectivity index (χ1n) is 10.3. The number of carbonyl (C=O) groups excluding carboxylic acids is 1. The van der Waals surface area contributed by atoms with Gasteiger partial charge in [-0.25, -0.2) is 9.48 Å². The van der Waals surface area contributed by atoms with Crippen LogP contribution >= 0.6 is 0 Å². The summed E-state index contributed by atoms with van der Waals surface area (Å²) in [6, 6.07) is 14.8. The Hall–Kier alpha value is -4.01. The quantitative estimate of drug-likeness (QED) is 0.459. The van der Waals surface area contributed by atoms with Crippen molar-refractivity contribution in [3.63, 3.8) is 0 Å². The van der Waals surface area contributed by atoms with Crippen LogP contribution in [0.2, 0.25) is 0 Å². The van der Waals surface area contributed by atoms with E-state index in [1.165, 1.54) is 4.57 Å². The van der Waals surface area contributed by atoms with Gasteiger partial charge in [0.25, 0.3) is 0 Å². The number of aryl methyl sites for hydroxylation is 1. The summed E-state index contributed by atoms with van der Waals surface area (Å²) in [6.45, 7) is 2.71. The summed E-state index contributed by atoms with van der Waals surface area (Å²) in [6.07, 6.45) is 1.61. The Balaban J connectivity index is 1.56. The fourth-order valence-electron chi connectivity index (χ4n) is 3.86. The number of amides is 1. The molecule has 0 saturated heterocycles. The summed E-state index contributed by atoms with van der Waals surface area (Å²) in [7, 11) is 3.16. The van der Waals surface area contributed by atoms with Crippen LogP contribution in [-0.4, -0.2) is 39.0 Å². The first-order valence-corrected chi connectivity index (χ1v) is 10.3. The van der Waals surface area contributed by atoms with E-state index in [4.69, 9.17) is 9.47 Å². The maximum absolute atomic E-state index is 12.8. The zero-order chi connectivity index (χ0) is 22.7. The SMILES string of the molecule is CCn1c(=O)n(CC(=O)Nc2ccnn2Cc2cccc(OC)c2OC)c2ccccc21. The summed E-state index contributed by atoms with van der Waals surface area (Å²) < 4.78 is 15.6. The number of nitrogens with zero attached hydrogens (tertiary/aromatic N) is 4. The van der Waals surface area contributed by atoms with Crippen LogP contribution in [0, 0.1) is 0 Å². The largest absolute Gasteiger partial charge is 0.493 e. The molecule has 0 radical (unpaired) electrons. The number of hydrogen-bond donors (Lipinski definition) is 1. The fourth-order valence-corrected chi connectivity index (χ4v) is 3.86. The molecule has 2 heterocycles. The van der Waals surface area contributed by atoms with Gasteiger partial charge in [-0.3, -0.25) is 13.9 Å². The molecular formula is C23H25N5O4. The second-order valence-electron chi connectivity index (χ2n) is 7.18. The lowest BCUT2D eigenvalue weighted by Crippen LogP contribution is -2.29. The first kappa shape index (κ1) is 21.2. The third-order valence-electron chi connectivity index (χ3n) is 5.33. The normalized spacial score (nSPS) is 11.0. The number of hydrogen-bond acceptors (Lipinski definition) is 5. The van der Waals surface area contributed by atoms with Gasteiger partial charge < -0.3 is 14.8 Å². The maximum Gasteiger partial charge on any atom is 0.329 e. The van der Waals surface area contributed by atoms with E-state index in [-0.39, 0.29) is 18.1 Å². The van der Waals surface area contributed by atoms with Gasteiger partial charge in [-0.2, -0.15) is 5.10 Å². The van der Waals surface area contributed by atoms with Crippen molar-refractivity contribution in [2.45, 2.75) is 26.6 Å². The van der Waals surface area contributed by atoms with Crippen LogP contribution in [0.15, 0.2) is 59.5 Å². The van der Waals surface area contributed by atoms with Crippen molar-refractivity contribution in [3.8, 4) is 11.5 Å². The molecule has 0 saturated carbocycles. The zero-order valence-electron chi connectivity index (χ0n) is 18.2. The minimum Gasteiger partial charge on any atom is -0.493 e. The molecule has 9 heteroatoms. The Morgan fingerprint density at radius 3 is 2.44 bits per heavy atom. The molecule has 0 spiro atoms. The number of benzene rings is 2. The van der Waals surface area contributed by atoms with Crippen molar-refractivity contribution in [1.29, 1.82) is 0 Å².